The van der Waals surface area contributed by atoms with Crippen molar-refractivity contribution < 1.29 is 23.7 Å². The predicted octanol–water partition coefficient (Wildman–Crippen LogP) is 4.92. The van der Waals surface area contributed by atoms with Crippen LogP contribution in [0, 0.1) is 17.3 Å². The molecular formula is C27H32O5. The Kier molecular flexibility index (Phi) is 4.87. The van der Waals surface area contributed by atoms with E-state index < -0.39 is 5.79 Å². The standard InChI is InChI=1S/C27H32O5/c1-26-16-30-25(17-3-6-19(29-2)7-4-17)24-20-11-12-27(31-13-14-32-27)15-18(20)5-8-21(24)22(26)9-10-23(26)28/h3-4,6-7,15,21-22,25H,5,8-14,16H2,1-2H3/t21?,22?,25-,26-/m0/s1. The van der Waals surface area contributed by atoms with Gasteiger partial charge in [0.1, 0.15) is 17.6 Å². The summed E-state index contributed by atoms with van der Waals surface area (Å²) in [5.41, 5.74) is 4.95. The molecule has 6 rings (SSSR count). The second-order valence-electron chi connectivity index (χ2n) is 10.2. The largest absolute Gasteiger partial charge is 0.497 e. The topological polar surface area (TPSA) is 54.0 Å². The van der Waals surface area contributed by atoms with Gasteiger partial charge in [-0.25, -0.2) is 0 Å². The molecular weight excluding hydrogens is 404 g/mol. The molecule has 5 nitrogen and oxygen atoms in total. The summed E-state index contributed by atoms with van der Waals surface area (Å²) in [4.78, 5) is 13.0. The van der Waals surface area contributed by atoms with Crippen LogP contribution >= 0.6 is 0 Å². The zero-order valence-corrected chi connectivity index (χ0v) is 19.0. The van der Waals surface area contributed by atoms with E-state index in [1.165, 1.54) is 16.7 Å². The van der Waals surface area contributed by atoms with Crippen molar-refractivity contribution >= 4 is 5.78 Å². The first kappa shape index (κ1) is 20.6. The molecule has 1 aromatic carbocycles. The molecule has 0 N–H and O–H groups in total. The molecule has 3 fully saturated rings. The van der Waals surface area contributed by atoms with E-state index in [-0.39, 0.29) is 11.5 Å². The molecule has 2 aliphatic heterocycles. The number of rotatable bonds is 2. The van der Waals surface area contributed by atoms with Crippen molar-refractivity contribution in [2.75, 3.05) is 26.9 Å². The Morgan fingerprint density at radius 2 is 1.81 bits per heavy atom. The van der Waals surface area contributed by atoms with Crippen LogP contribution in [-0.2, 0) is 19.0 Å². The van der Waals surface area contributed by atoms with Gasteiger partial charge in [0, 0.05) is 12.8 Å². The monoisotopic (exact) mass is 436 g/mol. The smallest absolute Gasteiger partial charge is 0.188 e. The van der Waals surface area contributed by atoms with Crippen LogP contribution in [0.25, 0.3) is 0 Å². The van der Waals surface area contributed by atoms with Gasteiger partial charge in [-0.1, -0.05) is 19.1 Å². The first-order valence-electron chi connectivity index (χ1n) is 12.0. The Bertz CT molecular complexity index is 984. The number of carbonyl (C=O) groups excluding carboxylic acids is 1. The molecule has 0 amide bonds. The Balaban J connectivity index is 1.48. The van der Waals surface area contributed by atoms with Gasteiger partial charge in [0.05, 0.1) is 32.3 Å². The third-order valence-corrected chi connectivity index (χ3v) is 8.63. The lowest BCUT2D eigenvalue weighted by Crippen LogP contribution is -2.37. The second-order valence-corrected chi connectivity index (χ2v) is 10.2. The maximum Gasteiger partial charge on any atom is 0.188 e. The number of ketones is 1. The molecule has 1 spiro atoms. The number of fused-ring (bicyclic) bond motifs is 4. The van der Waals surface area contributed by atoms with E-state index in [1.807, 2.05) is 12.1 Å². The van der Waals surface area contributed by atoms with Crippen LogP contribution < -0.4 is 4.74 Å². The van der Waals surface area contributed by atoms with Crippen LogP contribution in [0.4, 0.5) is 0 Å². The molecule has 4 atom stereocenters. The highest BCUT2D eigenvalue weighted by Crippen LogP contribution is 2.58. The lowest BCUT2D eigenvalue weighted by atomic mass is 9.63. The summed E-state index contributed by atoms with van der Waals surface area (Å²) in [6.45, 7) is 3.97. The van der Waals surface area contributed by atoms with Crippen molar-refractivity contribution in [1.82, 2.24) is 0 Å². The molecule has 1 aromatic rings. The summed E-state index contributed by atoms with van der Waals surface area (Å²) in [7, 11) is 1.69. The van der Waals surface area contributed by atoms with Gasteiger partial charge in [-0.2, -0.15) is 0 Å². The molecule has 2 saturated heterocycles. The number of Topliss-reactive ketones (excluding diaryl/α,β-unsaturated/α-hetero) is 1. The number of allylic oxidation sites excluding steroid dienone is 2. The van der Waals surface area contributed by atoms with Crippen LogP contribution in [-0.4, -0.2) is 38.5 Å². The van der Waals surface area contributed by atoms with E-state index in [1.54, 1.807) is 7.11 Å². The summed E-state index contributed by atoms with van der Waals surface area (Å²) in [6, 6.07) is 8.25. The molecule has 32 heavy (non-hydrogen) atoms. The van der Waals surface area contributed by atoms with Crippen LogP contribution in [0.1, 0.15) is 57.1 Å². The highest BCUT2D eigenvalue weighted by Gasteiger charge is 2.55. The summed E-state index contributed by atoms with van der Waals surface area (Å²) in [6.07, 6.45) is 7.65. The Hall–Kier alpha value is -1.95. The Morgan fingerprint density at radius 1 is 1.03 bits per heavy atom. The molecule has 5 aliphatic rings. The summed E-state index contributed by atoms with van der Waals surface area (Å²) in [5.74, 6) is 1.42. The van der Waals surface area contributed by atoms with Crippen LogP contribution in [0.15, 0.2) is 47.1 Å². The molecule has 2 unspecified atom stereocenters. The fourth-order valence-electron chi connectivity index (χ4n) is 6.93. The van der Waals surface area contributed by atoms with E-state index in [9.17, 15) is 4.79 Å². The van der Waals surface area contributed by atoms with Crippen molar-refractivity contribution in [2.24, 2.45) is 17.3 Å². The summed E-state index contributed by atoms with van der Waals surface area (Å²) < 4.78 is 24.1. The highest BCUT2D eigenvalue weighted by molar-refractivity contribution is 5.87. The molecule has 0 radical (unpaired) electrons. The minimum atomic E-state index is -0.536. The van der Waals surface area contributed by atoms with Crippen LogP contribution in [0.3, 0.4) is 0 Å². The molecule has 0 bridgehead atoms. The zero-order chi connectivity index (χ0) is 21.9. The van der Waals surface area contributed by atoms with Gasteiger partial charge < -0.3 is 18.9 Å². The number of benzene rings is 1. The number of ether oxygens (including phenoxy) is 4. The van der Waals surface area contributed by atoms with Crippen LogP contribution in [0.5, 0.6) is 5.75 Å². The zero-order valence-electron chi connectivity index (χ0n) is 19.0. The van der Waals surface area contributed by atoms with Gasteiger partial charge in [-0.3, -0.25) is 4.79 Å². The van der Waals surface area contributed by atoms with E-state index in [4.69, 9.17) is 18.9 Å². The normalized spacial score (nSPS) is 35.8. The Labute approximate surface area is 189 Å². The predicted molar refractivity (Wildman–Crippen MR) is 119 cm³/mol. The maximum absolute atomic E-state index is 13.0. The average molecular weight is 437 g/mol. The maximum atomic E-state index is 13.0. The fourth-order valence-corrected chi connectivity index (χ4v) is 6.93. The fraction of sp³-hybridized carbons (Fsp3) is 0.593. The number of carbonyl (C=O) groups is 1. The second kappa shape index (κ2) is 7.54. The minimum Gasteiger partial charge on any atom is -0.497 e. The molecule has 0 aromatic heterocycles. The first-order valence-corrected chi connectivity index (χ1v) is 12.0. The number of hydrogen-bond donors (Lipinski definition) is 0. The molecule has 170 valence electrons. The summed E-state index contributed by atoms with van der Waals surface area (Å²) in [5, 5.41) is 0. The van der Waals surface area contributed by atoms with E-state index in [0.717, 1.165) is 43.4 Å². The van der Waals surface area contributed by atoms with Gasteiger partial charge in [-0.05, 0) is 78.0 Å². The average Bonchev–Trinajstić information content (AvgIpc) is 3.35. The van der Waals surface area contributed by atoms with Gasteiger partial charge in [0.15, 0.2) is 5.79 Å². The quantitative estimate of drug-likeness (QED) is 0.659. The van der Waals surface area contributed by atoms with Crippen molar-refractivity contribution in [3.63, 3.8) is 0 Å². The van der Waals surface area contributed by atoms with E-state index in [0.29, 0.717) is 43.9 Å². The Morgan fingerprint density at radius 3 is 2.56 bits per heavy atom. The van der Waals surface area contributed by atoms with E-state index >= 15 is 0 Å². The minimum absolute atomic E-state index is 0.126. The molecule has 2 heterocycles. The summed E-state index contributed by atoms with van der Waals surface area (Å²) >= 11 is 0. The van der Waals surface area contributed by atoms with Crippen molar-refractivity contribution in [1.29, 1.82) is 0 Å². The van der Waals surface area contributed by atoms with Crippen molar-refractivity contribution in [3.05, 3.63) is 52.6 Å². The van der Waals surface area contributed by atoms with Gasteiger partial charge in [0.2, 0.25) is 0 Å². The third kappa shape index (κ3) is 3.05. The lowest BCUT2D eigenvalue weighted by Gasteiger charge is -2.41. The van der Waals surface area contributed by atoms with Gasteiger partial charge in [0.25, 0.3) is 0 Å². The number of hydrogen-bond acceptors (Lipinski definition) is 5. The van der Waals surface area contributed by atoms with E-state index in [2.05, 4.69) is 25.1 Å². The van der Waals surface area contributed by atoms with Gasteiger partial charge in [-0.15, -0.1) is 0 Å². The van der Waals surface area contributed by atoms with Crippen LogP contribution in [0.2, 0.25) is 0 Å². The lowest BCUT2D eigenvalue weighted by molar-refractivity contribution is -0.130. The van der Waals surface area contributed by atoms with Crippen molar-refractivity contribution in [2.45, 2.75) is 57.3 Å². The first-order chi connectivity index (χ1) is 15.5. The molecule has 1 saturated carbocycles. The molecule has 3 aliphatic carbocycles. The molecule has 5 heteroatoms. The van der Waals surface area contributed by atoms with Gasteiger partial charge >= 0.3 is 0 Å². The SMILES string of the molecule is COc1ccc([C@@H]2OC[C@]3(C)C(=O)CCC3C3CCC4=CC5(CCC4=C32)OCCO5)cc1. The third-order valence-electron chi connectivity index (χ3n) is 8.63. The number of methoxy groups -OCH3 is 1. The van der Waals surface area contributed by atoms with Crippen molar-refractivity contribution in [3.8, 4) is 5.75 Å². The highest BCUT2D eigenvalue weighted by atomic mass is 16.7.